The zero-order valence-corrected chi connectivity index (χ0v) is 14.8. The zero-order chi connectivity index (χ0) is 17.1. The van der Waals surface area contributed by atoms with Gasteiger partial charge in [0.15, 0.2) is 0 Å². The molecule has 0 bridgehead atoms. The second kappa shape index (κ2) is 7.68. The summed E-state index contributed by atoms with van der Waals surface area (Å²) in [6.07, 6.45) is 4.98. The number of nitrogens with zero attached hydrogens (tertiary/aromatic N) is 2. The van der Waals surface area contributed by atoms with Gasteiger partial charge in [0.2, 0.25) is 0 Å². The second-order valence-corrected chi connectivity index (χ2v) is 7.67. The molecule has 0 aromatic heterocycles. The van der Waals surface area contributed by atoms with E-state index in [1.807, 2.05) is 11.8 Å². The summed E-state index contributed by atoms with van der Waals surface area (Å²) in [5, 5.41) is 11.0. The molecule has 2 heterocycles. The number of aliphatic hydroxyl groups is 1. The minimum absolute atomic E-state index is 0.0623. The van der Waals surface area contributed by atoms with E-state index in [1.165, 1.54) is 17.7 Å². The van der Waals surface area contributed by atoms with Crippen molar-refractivity contribution in [3.8, 4) is 0 Å². The number of likely N-dealkylation sites (tertiary alicyclic amines) is 1. The molecule has 5 nitrogen and oxygen atoms in total. The summed E-state index contributed by atoms with van der Waals surface area (Å²) in [4.78, 5) is 28.2. The smallest absolute Gasteiger partial charge is 0.261 e. The van der Waals surface area contributed by atoms with E-state index in [0.29, 0.717) is 22.9 Å². The van der Waals surface area contributed by atoms with Gasteiger partial charge in [-0.25, -0.2) is 0 Å². The Kier molecular flexibility index (Phi) is 5.58. The van der Waals surface area contributed by atoms with E-state index >= 15 is 0 Å². The van der Waals surface area contributed by atoms with E-state index in [0.717, 1.165) is 19.5 Å². The van der Waals surface area contributed by atoms with Gasteiger partial charge in [-0.15, -0.1) is 0 Å². The first-order chi connectivity index (χ1) is 11.6. The van der Waals surface area contributed by atoms with Crippen LogP contribution < -0.4 is 0 Å². The van der Waals surface area contributed by atoms with Crippen molar-refractivity contribution in [3.05, 3.63) is 35.4 Å². The summed E-state index contributed by atoms with van der Waals surface area (Å²) in [5.74, 6) is -0.597. The van der Waals surface area contributed by atoms with E-state index in [-0.39, 0.29) is 18.4 Å². The van der Waals surface area contributed by atoms with E-state index in [2.05, 4.69) is 11.2 Å². The number of hydrogen-bond donors (Lipinski definition) is 1. The lowest BCUT2D eigenvalue weighted by Gasteiger charge is -2.27. The molecular formula is C18H24N2O3S. The molecule has 130 valence electrons. The number of imide groups is 1. The summed E-state index contributed by atoms with van der Waals surface area (Å²) in [6.45, 7) is 2.49. The van der Waals surface area contributed by atoms with Crippen molar-refractivity contribution < 1.29 is 14.7 Å². The largest absolute Gasteiger partial charge is 0.390 e. The van der Waals surface area contributed by atoms with Crippen molar-refractivity contribution in [1.29, 1.82) is 0 Å². The number of carbonyl (C=O) groups excluding carboxylic acids is 2. The van der Waals surface area contributed by atoms with Crippen LogP contribution >= 0.6 is 11.8 Å². The second-order valence-electron chi connectivity index (χ2n) is 6.53. The van der Waals surface area contributed by atoms with E-state index in [4.69, 9.17) is 0 Å². The predicted octanol–water partition coefficient (Wildman–Crippen LogP) is 1.86. The molecule has 2 aliphatic rings. The SMILES string of the molecule is CS[C@H]1CCCCN(C[C@@H](O)CN2C(=O)c3ccccc3C2=O)C1. The molecule has 0 spiro atoms. The van der Waals surface area contributed by atoms with Crippen LogP contribution in [0.25, 0.3) is 0 Å². The molecule has 0 unspecified atom stereocenters. The molecule has 6 heteroatoms. The summed E-state index contributed by atoms with van der Waals surface area (Å²) in [5.41, 5.74) is 0.874. The lowest BCUT2D eigenvalue weighted by atomic mass is 10.1. The number of rotatable bonds is 5. The average Bonchev–Trinajstić information content (AvgIpc) is 2.75. The van der Waals surface area contributed by atoms with Gasteiger partial charge in [-0.3, -0.25) is 19.4 Å². The van der Waals surface area contributed by atoms with Gasteiger partial charge in [-0.1, -0.05) is 18.6 Å². The highest BCUT2D eigenvalue weighted by Gasteiger charge is 2.36. The highest BCUT2D eigenvalue weighted by molar-refractivity contribution is 7.99. The van der Waals surface area contributed by atoms with Crippen LogP contribution in [0.1, 0.15) is 40.0 Å². The van der Waals surface area contributed by atoms with E-state index in [1.54, 1.807) is 24.3 Å². The standard InChI is InChI=1S/C18H24N2O3S/c1-24-14-6-4-5-9-19(12-14)10-13(21)11-20-17(22)15-7-2-3-8-16(15)18(20)23/h2-3,7-8,13-14,21H,4-6,9-12H2,1H3/t13-,14+/m1/s1. The van der Waals surface area contributed by atoms with E-state index in [9.17, 15) is 14.7 Å². The summed E-state index contributed by atoms with van der Waals surface area (Å²) in [6, 6.07) is 6.84. The maximum absolute atomic E-state index is 12.4. The summed E-state index contributed by atoms with van der Waals surface area (Å²) in [7, 11) is 0. The molecule has 1 saturated heterocycles. The molecule has 2 atom stereocenters. The van der Waals surface area contributed by atoms with Crippen molar-refractivity contribution in [1.82, 2.24) is 9.80 Å². The van der Waals surface area contributed by atoms with Crippen LogP contribution in [-0.2, 0) is 0 Å². The normalized spacial score (nSPS) is 23.2. The number of benzene rings is 1. The summed E-state index contributed by atoms with van der Waals surface area (Å²) >= 11 is 1.87. The van der Waals surface area contributed by atoms with Gasteiger partial charge in [0.25, 0.3) is 11.8 Å². The first-order valence-corrected chi connectivity index (χ1v) is 9.77. The minimum atomic E-state index is -0.715. The highest BCUT2D eigenvalue weighted by atomic mass is 32.2. The Hall–Kier alpha value is -1.37. The Bertz CT molecular complexity index is 587. The fourth-order valence-corrected chi connectivity index (χ4v) is 4.27. The topological polar surface area (TPSA) is 60.9 Å². The average molecular weight is 348 g/mol. The monoisotopic (exact) mass is 348 g/mol. The molecular weight excluding hydrogens is 324 g/mol. The van der Waals surface area contributed by atoms with Gasteiger partial charge in [-0.05, 0) is 37.8 Å². The number of fused-ring (bicyclic) bond motifs is 1. The van der Waals surface area contributed by atoms with Gasteiger partial charge < -0.3 is 5.11 Å². The number of aliphatic hydroxyl groups excluding tert-OH is 1. The first-order valence-electron chi connectivity index (χ1n) is 8.48. The van der Waals surface area contributed by atoms with Crippen molar-refractivity contribution in [2.75, 3.05) is 32.4 Å². The predicted molar refractivity (Wildman–Crippen MR) is 95.4 cm³/mol. The fraction of sp³-hybridized carbons (Fsp3) is 0.556. The third-order valence-corrected chi connectivity index (χ3v) is 5.84. The molecule has 1 fully saturated rings. The highest BCUT2D eigenvalue weighted by Crippen LogP contribution is 2.23. The van der Waals surface area contributed by atoms with Crippen LogP contribution in [0, 0.1) is 0 Å². The molecule has 1 aromatic carbocycles. The number of thioether (sulfide) groups is 1. The molecule has 2 aliphatic heterocycles. The first kappa shape index (κ1) is 17.5. The Labute approximate surface area is 147 Å². The Morgan fingerprint density at radius 2 is 1.83 bits per heavy atom. The van der Waals surface area contributed by atoms with Gasteiger partial charge >= 0.3 is 0 Å². The van der Waals surface area contributed by atoms with Crippen LogP contribution in [0.3, 0.4) is 0 Å². The van der Waals surface area contributed by atoms with Crippen molar-refractivity contribution in [2.45, 2.75) is 30.6 Å². The van der Waals surface area contributed by atoms with Gasteiger partial charge in [0, 0.05) is 18.3 Å². The van der Waals surface area contributed by atoms with Gasteiger partial charge in [-0.2, -0.15) is 11.8 Å². The maximum atomic E-state index is 12.4. The van der Waals surface area contributed by atoms with Crippen LogP contribution in [0.15, 0.2) is 24.3 Å². The van der Waals surface area contributed by atoms with Gasteiger partial charge in [0.1, 0.15) is 0 Å². The maximum Gasteiger partial charge on any atom is 0.261 e. The van der Waals surface area contributed by atoms with Crippen molar-refractivity contribution in [2.24, 2.45) is 0 Å². The van der Waals surface area contributed by atoms with Crippen LogP contribution in [0.4, 0.5) is 0 Å². The molecule has 1 N–H and O–H groups in total. The molecule has 2 amide bonds. The van der Waals surface area contributed by atoms with Crippen LogP contribution in [0.5, 0.6) is 0 Å². The number of carbonyl (C=O) groups is 2. The minimum Gasteiger partial charge on any atom is -0.390 e. The lowest BCUT2D eigenvalue weighted by Crippen LogP contribution is -2.43. The third kappa shape index (κ3) is 3.66. The van der Waals surface area contributed by atoms with E-state index < -0.39 is 6.10 Å². The van der Waals surface area contributed by atoms with Crippen LogP contribution in [0.2, 0.25) is 0 Å². The number of β-amino-alcohol motifs (C(OH)–C–C–N with tert-alkyl or cyclic N) is 1. The Morgan fingerprint density at radius 1 is 1.17 bits per heavy atom. The Balaban J connectivity index is 1.60. The summed E-state index contributed by atoms with van der Waals surface area (Å²) < 4.78 is 0. The molecule has 3 rings (SSSR count). The molecule has 0 aliphatic carbocycles. The van der Waals surface area contributed by atoms with Crippen molar-refractivity contribution >= 4 is 23.6 Å². The molecule has 0 saturated carbocycles. The molecule has 0 radical (unpaired) electrons. The van der Waals surface area contributed by atoms with Gasteiger partial charge in [0.05, 0.1) is 23.8 Å². The number of amides is 2. The van der Waals surface area contributed by atoms with Crippen molar-refractivity contribution in [3.63, 3.8) is 0 Å². The fourth-order valence-electron chi connectivity index (χ4n) is 3.51. The molecule has 24 heavy (non-hydrogen) atoms. The Morgan fingerprint density at radius 3 is 2.46 bits per heavy atom. The lowest BCUT2D eigenvalue weighted by molar-refractivity contribution is 0.0477. The quantitative estimate of drug-likeness (QED) is 0.823. The molecule has 1 aromatic rings. The van der Waals surface area contributed by atoms with Crippen LogP contribution in [-0.4, -0.2) is 70.5 Å². The third-order valence-electron chi connectivity index (χ3n) is 4.79. The number of hydrogen-bond acceptors (Lipinski definition) is 5. The zero-order valence-electron chi connectivity index (χ0n) is 14.0.